The molecule has 0 aromatic heterocycles. The van der Waals surface area contributed by atoms with Crippen molar-refractivity contribution in [2.75, 3.05) is 54.4 Å². The van der Waals surface area contributed by atoms with Gasteiger partial charge in [0.05, 0.1) is 41.3 Å². The Morgan fingerprint density at radius 3 is 1.75 bits per heavy atom. The summed E-state index contributed by atoms with van der Waals surface area (Å²) in [5, 5.41) is 0. The molecule has 0 unspecified atom stereocenters. The van der Waals surface area contributed by atoms with Gasteiger partial charge in [-0.1, -0.05) is 20.4 Å². The van der Waals surface area contributed by atoms with Gasteiger partial charge in [-0.3, -0.25) is 0 Å². The minimum Gasteiger partial charge on any atom is -0.447 e. The summed E-state index contributed by atoms with van der Waals surface area (Å²) in [5.41, 5.74) is 0. The highest BCUT2D eigenvalue weighted by atomic mass is 16.5. The number of rotatable bonds is 10. The maximum absolute atomic E-state index is 11.6. The Labute approximate surface area is 125 Å². The molecule has 0 rings (SSSR count). The third-order valence-electron chi connectivity index (χ3n) is 3.50. The Morgan fingerprint density at radius 1 is 1.05 bits per heavy atom. The molecule has 0 N–H and O–H groups in total. The molecule has 0 amide bonds. The van der Waals surface area contributed by atoms with E-state index in [9.17, 15) is 4.79 Å². The Hall–Kier alpha value is -0.870. The SMILES string of the molecule is C=CC(=O)OC(C[N+](C)(C)CCC)C[N+](C)(C)CCC. The largest absolute Gasteiger partial charge is 0.447 e. The summed E-state index contributed by atoms with van der Waals surface area (Å²) in [6, 6.07) is 0. The van der Waals surface area contributed by atoms with E-state index in [1.807, 2.05) is 0 Å². The van der Waals surface area contributed by atoms with E-state index in [0.717, 1.165) is 48.0 Å². The molecule has 0 radical (unpaired) electrons. The summed E-state index contributed by atoms with van der Waals surface area (Å²) in [7, 11) is 8.77. The van der Waals surface area contributed by atoms with E-state index >= 15 is 0 Å². The predicted octanol–water partition coefficient (Wildman–Crippen LogP) is 2.06. The molecule has 0 fully saturated rings. The molecular formula is C16H34N2O2+2. The van der Waals surface area contributed by atoms with Crippen LogP contribution in [-0.2, 0) is 9.53 Å². The van der Waals surface area contributed by atoms with Gasteiger partial charge in [-0.15, -0.1) is 0 Å². The Kier molecular flexibility index (Phi) is 8.06. The van der Waals surface area contributed by atoms with Crippen molar-refractivity contribution in [2.24, 2.45) is 0 Å². The minimum absolute atomic E-state index is 0.0661. The van der Waals surface area contributed by atoms with Gasteiger partial charge in [-0.25, -0.2) is 4.79 Å². The third kappa shape index (κ3) is 8.33. The monoisotopic (exact) mass is 286 g/mol. The standard InChI is InChI=1S/C16H34N2O2/c1-8-11-17(4,5)13-15(20-16(19)10-3)14-18(6,7)12-9-2/h10,15H,3,8-9,11-14H2,1-2,4-7H3/q+2. The second-order valence-corrected chi connectivity index (χ2v) is 6.95. The van der Waals surface area contributed by atoms with Gasteiger partial charge in [-0.05, 0) is 12.8 Å². The summed E-state index contributed by atoms with van der Waals surface area (Å²) >= 11 is 0. The molecule has 0 saturated carbocycles. The topological polar surface area (TPSA) is 26.3 Å². The van der Waals surface area contributed by atoms with E-state index in [-0.39, 0.29) is 12.1 Å². The molecule has 0 spiro atoms. The van der Waals surface area contributed by atoms with Crippen molar-refractivity contribution >= 4 is 5.97 Å². The number of likely N-dealkylation sites (N-methyl/N-ethyl adjacent to an activating group) is 2. The van der Waals surface area contributed by atoms with E-state index in [1.54, 1.807) is 0 Å². The molecule has 0 aliphatic carbocycles. The Balaban J connectivity index is 4.80. The molecule has 0 bridgehead atoms. The van der Waals surface area contributed by atoms with Gasteiger partial charge in [-0.2, -0.15) is 0 Å². The number of ether oxygens (including phenoxy) is 1. The maximum atomic E-state index is 11.6. The number of hydrogen-bond donors (Lipinski definition) is 0. The zero-order chi connectivity index (χ0) is 15.8. The van der Waals surface area contributed by atoms with Gasteiger partial charge in [0.2, 0.25) is 0 Å². The zero-order valence-corrected chi connectivity index (χ0v) is 14.3. The fourth-order valence-electron chi connectivity index (χ4n) is 2.84. The second kappa shape index (κ2) is 8.42. The number of hydrogen-bond acceptors (Lipinski definition) is 2. The van der Waals surface area contributed by atoms with E-state index in [0.29, 0.717) is 0 Å². The van der Waals surface area contributed by atoms with Crippen LogP contribution in [0.2, 0.25) is 0 Å². The molecule has 118 valence electrons. The first kappa shape index (κ1) is 19.1. The number of carbonyl (C=O) groups is 1. The second-order valence-electron chi connectivity index (χ2n) is 6.95. The van der Waals surface area contributed by atoms with Crippen LogP contribution in [0.5, 0.6) is 0 Å². The van der Waals surface area contributed by atoms with Crippen LogP contribution in [0.25, 0.3) is 0 Å². The predicted molar refractivity (Wildman–Crippen MR) is 84.3 cm³/mol. The molecule has 0 atom stereocenters. The molecule has 0 saturated heterocycles. The Bertz CT molecular complexity index is 292. The quantitative estimate of drug-likeness (QED) is 0.349. The maximum Gasteiger partial charge on any atom is 0.330 e. The lowest BCUT2D eigenvalue weighted by Crippen LogP contribution is -2.54. The van der Waals surface area contributed by atoms with Gasteiger partial charge in [0.1, 0.15) is 13.1 Å². The van der Waals surface area contributed by atoms with Crippen LogP contribution >= 0.6 is 0 Å². The molecule has 20 heavy (non-hydrogen) atoms. The van der Waals surface area contributed by atoms with Crippen LogP contribution in [0.1, 0.15) is 26.7 Å². The first-order valence-electron chi connectivity index (χ1n) is 7.63. The van der Waals surface area contributed by atoms with Crippen molar-refractivity contribution in [3.63, 3.8) is 0 Å². The molecule has 0 aliphatic rings. The van der Waals surface area contributed by atoms with Crippen molar-refractivity contribution in [1.29, 1.82) is 0 Å². The van der Waals surface area contributed by atoms with Crippen molar-refractivity contribution < 1.29 is 18.5 Å². The van der Waals surface area contributed by atoms with E-state index in [4.69, 9.17) is 4.74 Å². The van der Waals surface area contributed by atoms with Crippen LogP contribution in [0.4, 0.5) is 0 Å². The van der Waals surface area contributed by atoms with Crippen LogP contribution in [0.15, 0.2) is 12.7 Å². The smallest absolute Gasteiger partial charge is 0.330 e. The third-order valence-corrected chi connectivity index (χ3v) is 3.50. The van der Waals surface area contributed by atoms with Gasteiger partial charge < -0.3 is 13.7 Å². The van der Waals surface area contributed by atoms with Gasteiger partial charge in [0.15, 0.2) is 6.10 Å². The lowest BCUT2D eigenvalue weighted by molar-refractivity contribution is -0.914. The van der Waals surface area contributed by atoms with Gasteiger partial charge in [0, 0.05) is 6.08 Å². The number of nitrogens with zero attached hydrogens (tertiary/aromatic N) is 2. The molecule has 0 aliphatic heterocycles. The summed E-state index contributed by atoms with van der Waals surface area (Å²) in [4.78, 5) is 11.6. The van der Waals surface area contributed by atoms with Crippen molar-refractivity contribution in [3.8, 4) is 0 Å². The molecule has 4 heteroatoms. The van der Waals surface area contributed by atoms with E-state index in [1.165, 1.54) is 6.08 Å². The normalized spacial score (nSPS) is 12.6. The molecule has 0 aromatic rings. The zero-order valence-electron chi connectivity index (χ0n) is 14.3. The van der Waals surface area contributed by atoms with Crippen LogP contribution in [-0.4, -0.2) is 75.4 Å². The first-order valence-corrected chi connectivity index (χ1v) is 7.63. The van der Waals surface area contributed by atoms with Crippen molar-refractivity contribution in [2.45, 2.75) is 32.8 Å². The summed E-state index contributed by atoms with van der Waals surface area (Å²) in [5.74, 6) is -0.317. The van der Waals surface area contributed by atoms with Crippen LogP contribution in [0, 0.1) is 0 Å². The van der Waals surface area contributed by atoms with E-state index < -0.39 is 0 Å². The molecule has 0 aromatic carbocycles. The number of carbonyl (C=O) groups excluding carboxylic acids is 1. The first-order chi connectivity index (χ1) is 9.15. The summed E-state index contributed by atoms with van der Waals surface area (Å²) in [6.07, 6.45) is 3.45. The average Bonchev–Trinajstić information content (AvgIpc) is 2.26. The van der Waals surface area contributed by atoms with Crippen LogP contribution in [0.3, 0.4) is 0 Å². The van der Waals surface area contributed by atoms with Gasteiger partial charge in [0.25, 0.3) is 0 Å². The molecule has 4 nitrogen and oxygen atoms in total. The number of esters is 1. The lowest BCUT2D eigenvalue weighted by Gasteiger charge is -2.37. The highest BCUT2D eigenvalue weighted by molar-refractivity contribution is 5.81. The van der Waals surface area contributed by atoms with Gasteiger partial charge >= 0.3 is 5.97 Å². The minimum atomic E-state index is -0.317. The molecule has 0 heterocycles. The number of quaternary nitrogens is 2. The summed E-state index contributed by atoms with van der Waals surface area (Å²) in [6.45, 7) is 11.7. The van der Waals surface area contributed by atoms with Crippen molar-refractivity contribution in [1.82, 2.24) is 0 Å². The van der Waals surface area contributed by atoms with Crippen molar-refractivity contribution in [3.05, 3.63) is 12.7 Å². The average molecular weight is 286 g/mol. The fraction of sp³-hybridized carbons (Fsp3) is 0.812. The summed E-state index contributed by atoms with van der Waals surface area (Å²) < 4.78 is 7.32. The fourth-order valence-corrected chi connectivity index (χ4v) is 2.84. The highest BCUT2D eigenvalue weighted by Crippen LogP contribution is 2.10. The van der Waals surface area contributed by atoms with E-state index in [2.05, 4.69) is 48.6 Å². The van der Waals surface area contributed by atoms with Crippen LogP contribution < -0.4 is 0 Å². The molecular weight excluding hydrogens is 252 g/mol. The lowest BCUT2D eigenvalue weighted by atomic mass is 10.2. The highest BCUT2D eigenvalue weighted by Gasteiger charge is 2.30. The Morgan fingerprint density at radius 2 is 1.45 bits per heavy atom.